The first kappa shape index (κ1) is 20.7. The Morgan fingerprint density at radius 2 is 1.67 bits per heavy atom. The molecule has 2 aromatic rings. The van der Waals surface area contributed by atoms with Gasteiger partial charge in [-0.25, -0.2) is 0 Å². The topological polar surface area (TPSA) is 95.5 Å². The Bertz CT molecular complexity index is 947. The SMILES string of the molecule is COc1ccc(OC)c(S(=O)(=O)N/N=C/c2cc(Cl)c(OC)c(OC)c2)c1. The molecule has 0 aliphatic heterocycles. The van der Waals surface area contributed by atoms with Crippen molar-refractivity contribution in [2.24, 2.45) is 5.10 Å². The predicted octanol–water partition coefficient (Wildman–Crippen LogP) is 2.69. The number of sulfonamides is 1. The van der Waals surface area contributed by atoms with E-state index in [9.17, 15) is 8.42 Å². The molecule has 2 rings (SSSR count). The highest BCUT2D eigenvalue weighted by atomic mass is 35.5. The number of rotatable bonds is 8. The summed E-state index contributed by atoms with van der Waals surface area (Å²) in [6.45, 7) is 0. The maximum absolute atomic E-state index is 12.5. The van der Waals surface area contributed by atoms with Gasteiger partial charge >= 0.3 is 0 Å². The van der Waals surface area contributed by atoms with Gasteiger partial charge in [0, 0.05) is 6.07 Å². The predicted molar refractivity (Wildman–Crippen MR) is 102 cm³/mol. The molecule has 0 amide bonds. The van der Waals surface area contributed by atoms with E-state index in [2.05, 4.69) is 9.93 Å². The maximum atomic E-state index is 12.5. The van der Waals surface area contributed by atoms with Crippen LogP contribution in [0.25, 0.3) is 0 Å². The molecule has 0 aromatic heterocycles. The Labute approximate surface area is 162 Å². The van der Waals surface area contributed by atoms with E-state index >= 15 is 0 Å². The molecule has 0 bridgehead atoms. The van der Waals surface area contributed by atoms with E-state index in [-0.39, 0.29) is 10.6 Å². The first-order valence-corrected chi connectivity index (χ1v) is 9.40. The van der Waals surface area contributed by atoms with Gasteiger partial charge in [0.15, 0.2) is 11.5 Å². The molecule has 0 radical (unpaired) electrons. The van der Waals surface area contributed by atoms with Crippen LogP contribution in [0.3, 0.4) is 0 Å². The number of halogens is 1. The minimum Gasteiger partial charge on any atom is -0.497 e. The molecular weight excluding hydrogens is 396 g/mol. The molecule has 2 aromatic carbocycles. The van der Waals surface area contributed by atoms with Crippen LogP contribution in [-0.4, -0.2) is 43.1 Å². The Kier molecular flexibility index (Phi) is 6.75. The van der Waals surface area contributed by atoms with Crippen molar-refractivity contribution in [2.75, 3.05) is 28.4 Å². The summed E-state index contributed by atoms with van der Waals surface area (Å²) >= 11 is 6.12. The van der Waals surface area contributed by atoms with Crippen molar-refractivity contribution < 1.29 is 27.4 Å². The third-order valence-corrected chi connectivity index (χ3v) is 5.03. The molecule has 0 spiro atoms. The van der Waals surface area contributed by atoms with Gasteiger partial charge in [-0.3, -0.25) is 0 Å². The summed E-state index contributed by atoms with van der Waals surface area (Å²) < 4.78 is 45.5. The Balaban J connectivity index is 2.29. The lowest BCUT2D eigenvalue weighted by Crippen LogP contribution is -2.19. The number of hydrogen-bond acceptors (Lipinski definition) is 7. The quantitative estimate of drug-likeness (QED) is 0.527. The zero-order valence-corrected chi connectivity index (χ0v) is 16.7. The number of ether oxygens (including phenoxy) is 4. The fourth-order valence-electron chi connectivity index (χ4n) is 2.23. The second kappa shape index (κ2) is 8.83. The lowest BCUT2D eigenvalue weighted by Gasteiger charge is -2.11. The molecular formula is C17H19ClN2O6S. The van der Waals surface area contributed by atoms with Gasteiger partial charge in [-0.2, -0.15) is 18.4 Å². The van der Waals surface area contributed by atoms with Crippen molar-refractivity contribution in [3.8, 4) is 23.0 Å². The van der Waals surface area contributed by atoms with Crippen LogP contribution < -0.4 is 23.8 Å². The second-order valence-electron chi connectivity index (χ2n) is 5.11. The Hall–Kier alpha value is -2.65. The summed E-state index contributed by atoms with van der Waals surface area (Å²) in [5.41, 5.74) is 0.512. The van der Waals surface area contributed by atoms with E-state index < -0.39 is 10.0 Å². The molecule has 10 heteroatoms. The Morgan fingerprint density at radius 1 is 0.963 bits per heavy atom. The van der Waals surface area contributed by atoms with Crippen LogP contribution in [0.2, 0.25) is 5.02 Å². The minimum atomic E-state index is -3.99. The number of methoxy groups -OCH3 is 4. The van der Waals surface area contributed by atoms with Crippen LogP contribution in [0.15, 0.2) is 40.3 Å². The lowest BCUT2D eigenvalue weighted by atomic mass is 10.2. The molecule has 0 unspecified atom stereocenters. The minimum absolute atomic E-state index is 0.105. The van der Waals surface area contributed by atoms with Gasteiger partial charge in [-0.05, 0) is 29.8 Å². The van der Waals surface area contributed by atoms with E-state index in [0.29, 0.717) is 27.8 Å². The smallest absolute Gasteiger partial charge is 0.280 e. The van der Waals surface area contributed by atoms with E-state index in [1.165, 1.54) is 46.8 Å². The largest absolute Gasteiger partial charge is 0.497 e. The second-order valence-corrected chi connectivity index (χ2v) is 7.14. The highest BCUT2D eigenvalue weighted by Crippen LogP contribution is 2.35. The van der Waals surface area contributed by atoms with Gasteiger partial charge in [-0.15, -0.1) is 0 Å². The van der Waals surface area contributed by atoms with Crippen LogP contribution in [0, 0.1) is 0 Å². The summed E-state index contributed by atoms with van der Waals surface area (Å²) in [5, 5.41) is 4.08. The number of hydrogen-bond donors (Lipinski definition) is 1. The standard InChI is InChI=1S/C17H19ClN2O6S/c1-23-12-5-6-14(24-2)16(9-12)27(21,22)20-19-10-11-7-13(18)17(26-4)15(8-11)25-3/h5-10,20H,1-4H3/b19-10+. The fraction of sp³-hybridized carbons (Fsp3) is 0.235. The van der Waals surface area contributed by atoms with Crippen molar-refractivity contribution in [1.82, 2.24) is 4.83 Å². The molecule has 8 nitrogen and oxygen atoms in total. The van der Waals surface area contributed by atoms with Crippen LogP contribution in [-0.2, 0) is 10.0 Å². The highest BCUT2D eigenvalue weighted by Gasteiger charge is 2.20. The van der Waals surface area contributed by atoms with Crippen LogP contribution >= 0.6 is 11.6 Å². The van der Waals surface area contributed by atoms with Crippen molar-refractivity contribution >= 4 is 27.8 Å². The molecule has 0 saturated carbocycles. The van der Waals surface area contributed by atoms with E-state index in [1.807, 2.05) is 0 Å². The average molecular weight is 415 g/mol. The van der Waals surface area contributed by atoms with Crippen molar-refractivity contribution in [3.05, 3.63) is 40.9 Å². The first-order valence-electron chi connectivity index (χ1n) is 7.54. The summed E-state index contributed by atoms with van der Waals surface area (Å²) in [7, 11) is 1.75. The van der Waals surface area contributed by atoms with E-state index in [1.54, 1.807) is 18.2 Å². The third-order valence-electron chi connectivity index (χ3n) is 3.50. The zero-order valence-electron chi connectivity index (χ0n) is 15.1. The first-order chi connectivity index (χ1) is 12.9. The van der Waals surface area contributed by atoms with Crippen LogP contribution in [0.1, 0.15) is 5.56 Å². The van der Waals surface area contributed by atoms with Gasteiger partial charge in [0.1, 0.15) is 16.4 Å². The van der Waals surface area contributed by atoms with Crippen LogP contribution in [0.5, 0.6) is 23.0 Å². The van der Waals surface area contributed by atoms with Gasteiger partial charge in [0.25, 0.3) is 10.0 Å². The summed E-state index contributed by atoms with van der Waals surface area (Å²) in [5.74, 6) is 1.29. The average Bonchev–Trinajstić information content (AvgIpc) is 2.66. The van der Waals surface area contributed by atoms with Gasteiger partial charge < -0.3 is 18.9 Å². The molecule has 0 atom stereocenters. The van der Waals surface area contributed by atoms with Gasteiger partial charge in [-0.1, -0.05) is 11.6 Å². The number of benzene rings is 2. The molecule has 1 N–H and O–H groups in total. The molecule has 0 aliphatic rings. The lowest BCUT2D eigenvalue weighted by molar-refractivity contribution is 0.355. The number of hydrazone groups is 1. The summed E-state index contributed by atoms with van der Waals surface area (Å²) in [6, 6.07) is 7.59. The summed E-state index contributed by atoms with van der Waals surface area (Å²) in [4.78, 5) is 2.02. The zero-order chi connectivity index (χ0) is 20.0. The van der Waals surface area contributed by atoms with Gasteiger partial charge in [0.05, 0.1) is 39.7 Å². The molecule has 0 saturated heterocycles. The summed E-state index contributed by atoms with van der Waals surface area (Å²) in [6.07, 6.45) is 1.29. The molecule has 0 heterocycles. The number of nitrogens with one attached hydrogen (secondary N) is 1. The van der Waals surface area contributed by atoms with Gasteiger partial charge in [0.2, 0.25) is 0 Å². The van der Waals surface area contributed by atoms with Crippen molar-refractivity contribution in [1.29, 1.82) is 0 Å². The number of nitrogens with zero attached hydrogens (tertiary/aromatic N) is 1. The maximum Gasteiger partial charge on any atom is 0.280 e. The normalized spacial score (nSPS) is 11.3. The van der Waals surface area contributed by atoms with Crippen molar-refractivity contribution in [2.45, 2.75) is 4.90 Å². The Morgan fingerprint density at radius 3 is 2.26 bits per heavy atom. The monoisotopic (exact) mass is 414 g/mol. The molecule has 0 aliphatic carbocycles. The highest BCUT2D eigenvalue weighted by molar-refractivity contribution is 7.89. The molecule has 0 fully saturated rings. The van der Waals surface area contributed by atoms with Crippen molar-refractivity contribution in [3.63, 3.8) is 0 Å². The van der Waals surface area contributed by atoms with Crippen LogP contribution in [0.4, 0.5) is 0 Å². The van der Waals surface area contributed by atoms with E-state index in [0.717, 1.165) is 0 Å². The molecule has 27 heavy (non-hydrogen) atoms. The third kappa shape index (κ3) is 4.75. The van der Waals surface area contributed by atoms with E-state index in [4.69, 9.17) is 30.5 Å². The fourth-order valence-corrected chi connectivity index (χ4v) is 3.50. The molecule has 146 valence electrons.